The van der Waals surface area contributed by atoms with E-state index in [1.54, 1.807) is 50.1 Å². The summed E-state index contributed by atoms with van der Waals surface area (Å²) in [6.07, 6.45) is 60.9. The van der Waals surface area contributed by atoms with Crippen LogP contribution in [0.1, 0.15) is 301 Å². The Bertz CT molecular complexity index is 6110. The van der Waals surface area contributed by atoms with Gasteiger partial charge >= 0.3 is 0 Å². The average Bonchev–Trinajstić information content (AvgIpc) is 1.48. The van der Waals surface area contributed by atoms with Crippen molar-refractivity contribution < 1.29 is 0 Å². The third kappa shape index (κ3) is 21.0. The lowest BCUT2D eigenvalue weighted by Crippen LogP contribution is -2.31. The number of hydrogen-bond acceptors (Lipinski definition) is 9. The Kier molecular flexibility index (Phi) is 31.0. The number of aromatic nitrogens is 9. The van der Waals surface area contributed by atoms with Crippen LogP contribution in [0, 0.1) is 0 Å². The molecule has 9 nitrogen and oxygen atoms in total. The number of nitrogens with zero attached hydrogens (tertiary/aromatic N) is 9. The van der Waals surface area contributed by atoms with Crippen molar-refractivity contribution in [2.45, 2.75) is 250 Å². The molecule has 0 saturated carbocycles. The molecule has 0 atom stereocenters. The van der Waals surface area contributed by atoms with Gasteiger partial charge in [-0.15, -0.1) is 0 Å². The molecule has 0 saturated heterocycles. The molecule has 9 aromatic heterocycles. The molecule has 708 valence electrons. The highest BCUT2D eigenvalue weighted by atomic mass is 14.8. The molecular weight excluding hydrogens is 1710 g/mol. The second kappa shape index (κ2) is 45.6. The molecule has 16 aromatic rings. The summed E-state index contributed by atoms with van der Waals surface area (Å²) in [6.45, 7) is 14.4. The van der Waals surface area contributed by atoms with E-state index in [9.17, 15) is 0 Å². The van der Waals surface area contributed by atoms with Gasteiger partial charge in [0.25, 0.3) is 0 Å². The highest BCUT2D eigenvalue weighted by Gasteiger charge is 2.58. The Labute approximate surface area is 838 Å². The van der Waals surface area contributed by atoms with Crippen molar-refractivity contribution in [2.24, 2.45) is 0 Å². The molecule has 0 unspecified atom stereocenters. The van der Waals surface area contributed by atoms with Crippen molar-refractivity contribution in [1.29, 1.82) is 0 Å². The normalized spacial score (nSPS) is 13.4. The van der Waals surface area contributed by atoms with Gasteiger partial charge in [0, 0.05) is 53.4 Å². The van der Waals surface area contributed by atoms with Crippen LogP contribution in [0.25, 0.3) is 172 Å². The second-order valence-corrected chi connectivity index (χ2v) is 39.8. The molecule has 0 amide bonds. The van der Waals surface area contributed by atoms with Gasteiger partial charge in [0.2, 0.25) is 0 Å². The van der Waals surface area contributed by atoms with Crippen LogP contribution in [0.4, 0.5) is 0 Å². The molecule has 3 aliphatic rings. The highest BCUT2D eigenvalue weighted by molar-refractivity contribution is 6.06. The number of rotatable bonds is 45. The van der Waals surface area contributed by atoms with Gasteiger partial charge in [-0.3, -0.25) is 29.9 Å². The Hall–Kier alpha value is -13.9. The quantitative estimate of drug-likeness (QED) is 0.0272. The first-order valence-corrected chi connectivity index (χ1v) is 53.2. The maximum atomic E-state index is 5.15. The smallest absolute Gasteiger partial charge is 0.0900 e. The van der Waals surface area contributed by atoms with Crippen molar-refractivity contribution in [1.82, 2.24) is 44.9 Å². The number of hydrogen-bond donors (Lipinski definition) is 0. The Morgan fingerprint density at radius 3 is 0.574 bits per heavy atom. The van der Waals surface area contributed by atoms with Crippen LogP contribution in [0.5, 0.6) is 0 Å². The van der Waals surface area contributed by atoms with Gasteiger partial charge in [0.15, 0.2) is 0 Å². The molecule has 7 aromatic carbocycles. The van der Waals surface area contributed by atoms with E-state index in [0.717, 1.165) is 157 Å². The first-order chi connectivity index (χ1) is 69.6. The van der Waals surface area contributed by atoms with Gasteiger partial charge in [-0.05, 0) is 281 Å². The monoisotopic (exact) mass is 1850 g/mol. The number of unbranched alkanes of at least 4 members (excludes halogenated alkanes) is 18. The zero-order valence-electron chi connectivity index (χ0n) is 83.6. The fraction of sp³-hybridized carbons (Fsp3) is 0.295. The van der Waals surface area contributed by atoms with E-state index in [1.165, 1.54) is 187 Å². The standard InChI is InChI=1S/C132H135N9/c1-7-13-19-31-73-130(74-32-20-14-8-2)109-85-97(52-49-94-55-64-100(65-56-94)103-88-118(112-43-25-37-79-133-112)139-119(89-103)113-44-26-38-80-134-113)61-70-106(109)124-127(130)125-107-71-62-98(53-50-95-57-66-101(67-58-95)104-90-120(114-45-27-39-81-135-114)140-121(91-104)115-46-28-40-82-136-115)86-110(107)131(75-33-21-15-9-3,76-34-22-16-10-4)129(125)126-108-72-63-99(87-111(108)132(128(124)126,77-35-23-17-11-5)78-36-24-18-12-6)54-51-96-59-68-102(69-60-96)105-92-122(116-47-29-41-83-137-116)141-123(93-105)117-48-30-42-84-138-117/h25-30,37-72,79-93H,7-24,31-36,73-78H2,1-6H3/b52-49+,53-50+,54-51+. The largest absolute Gasteiger partial charge is 0.255 e. The molecule has 141 heavy (non-hydrogen) atoms. The van der Waals surface area contributed by atoms with Crippen molar-refractivity contribution in [3.8, 4) is 135 Å². The van der Waals surface area contributed by atoms with Crippen molar-refractivity contribution in [3.05, 3.63) is 377 Å². The number of fused-ring (bicyclic) bond motifs is 12. The lowest BCUT2D eigenvalue weighted by Gasteiger charge is -2.40. The van der Waals surface area contributed by atoms with Crippen molar-refractivity contribution in [2.75, 3.05) is 0 Å². The van der Waals surface area contributed by atoms with Crippen LogP contribution in [-0.2, 0) is 16.2 Å². The van der Waals surface area contributed by atoms with E-state index in [1.807, 2.05) is 146 Å². The predicted octanol–water partition coefficient (Wildman–Crippen LogP) is 36.4. The van der Waals surface area contributed by atoms with E-state index >= 15 is 0 Å². The van der Waals surface area contributed by atoms with Crippen molar-refractivity contribution >= 4 is 36.5 Å². The predicted molar refractivity (Wildman–Crippen MR) is 593 cm³/mol. The fourth-order valence-corrected chi connectivity index (χ4v) is 23.2. The summed E-state index contributed by atoms with van der Waals surface area (Å²) in [4.78, 5) is 44.0. The maximum Gasteiger partial charge on any atom is 0.0900 e. The topological polar surface area (TPSA) is 116 Å². The molecule has 0 radical (unpaired) electrons. The third-order valence-electron chi connectivity index (χ3n) is 30.3. The van der Waals surface area contributed by atoms with Gasteiger partial charge in [0.1, 0.15) is 0 Å². The van der Waals surface area contributed by atoms with Gasteiger partial charge in [0.05, 0.1) is 68.3 Å². The van der Waals surface area contributed by atoms with Crippen LogP contribution >= 0.6 is 0 Å². The number of benzene rings is 7. The molecule has 0 aliphatic heterocycles. The van der Waals surface area contributed by atoms with Gasteiger partial charge in [-0.2, -0.15) is 0 Å². The zero-order chi connectivity index (χ0) is 96.2. The molecule has 0 N–H and O–H groups in total. The summed E-state index contributed by atoms with van der Waals surface area (Å²) < 4.78 is 0. The molecule has 9 heterocycles. The maximum absolute atomic E-state index is 5.15. The van der Waals surface area contributed by atoms with E-state index in [0.29, 0.717) is 0 Å². The fourth-order valence-electron chi connectivity index (χ4n) is 23.2. The second-order valence-electron chi connectivity index (χ2n) is 39.8. The number of pyridine rings is 9. The Morgan fingerprint density at radius 1 is 0.184 bits per heavy atom. The SMILES string of the molecule is CCCCCCC1(CCCCCC)c2cc(/C=C/c3ccc(-c4cc(-c5ccccn5)nc(-c5ccccn5)c4)cc3)ccc2-c2c1c1c(c3c2C(CCCCCC)(CCCCCC)c2cc(/C=C/c4ccc(-c5cc(-c6ccccn6)nc(-c6ccccn6)c5)cc4)ccc2-3)C(CCCCCC)(CCCCCC)c2cc(/C=C/c3ccc(-c4cc(-c5ccccn5)nc(-c5ccccn5)c4)cc3)ccc2-1. The molecule has 9 heteroatoms. The van der Waals surface area contributed by atoms with Crippen LogP contribution in [-0.4, -0.2) is 44.9 Å². The van der Waals surface area contributed by atoms with Crippen LogP contribution in [0.2, 0.25) is 0 Å². The molecule has 19 rings (SSSR count). The molecule has 0 bridgehead atoms. The summed E-state index contributed by atoms with van der Waals surface area (Å²) in [7, 11) is 0. The minimum absolute atomic E-state index is 0.295. The summed E-state index contributed by atoms with van der Waals surface area (Å²) in [5.74, 6) is 0. The molecule has 3 aliphatic carbocycles. The first kappa shape index (κ1) is 96.0. The minimum atomic E-state index is -0.295. The van der Waals surface area contributed by atoms with Crippen molar-refractivity contribution in [3.63, 3.8) is 0 Å². The Balaban J connectivity index is 0.806. The van der Waals surface area contributed by atoms with Gasteiger partial charge in [-0.25, -0.2) is 15.0 Å². The average molecular weight is 1850 g/mol. The summed E-state index contributed by atoms with van der Waals surface area (Å²) in [5, 5.41) is 0. The molecular formula is C132H135N9. The highest BCUT2D eigenvalue weighted by Crippen LogP contribution is 2.72. The van der Waals surface area contributed by atoms with E-state index < -0.39 is 0 Å². The summed E-state index contributed by atoms with van der Waals surface area (Å²) in [5.41, 5.74) is 41.8. The lowest BCUT2D eigenvalue weighted by atomic mass is 9.63. The van der Waals surface area contributed by atoms with Gasteiger partial charge in [-0.1, -0.05) is 396 Å². The first-order valence-electron chi connectivity index (χ1n) is 53.2. The van der Waals surface area contributed by atoms with E-state index in [2.05, 4.69) is 242 Å². The van der Waals surface area contributed by atoms with Crippen LogP contribution < -0.4 is 0 Å². The molecule has 0 fully saturated rings. The summed E-state index contributed by atoms with van der Waals surface area (Å²) >= 11 is 0. The lowest BCUT2D eigenvalue weighted by molar-refractivity contribution is 0.389. The third-order valence-corrected chi connectivity index (χ3v) is 30.3. The van der Waals surface area contributed by atoms with Gasteiger partial charge < -0.3 is 0 Å². The van der Waals surface area contributed by atoms with E-state index in [4.69, 9.17) is 44.9 Å². The summed E-state index contributed by atoms with van der Waals surface area (Å²) in [6, 6.07) is 101. The molecule has 0 spiro atoms. The van der Waals surface area contributed by atoms with Crippen LogP contribution in [0.3, 0.4) is 0 Å². The zero-order valence-corrected chi connectivity index (χ0v) is 83.6. The Morgan fingerprint density at radius 2 is 0.383 bits per heavy atom. The van der Waals surface area contributed by atoms with E-state index in [-0.39, 0.29) is 16.2 Å². The van der Waals surface area contributed by atoms with Crippen LogP contribution in [0.15, 0.2) is 310 Å². The minimum Gasteiger partial charge on any atom is -0.255 e.